The van der Waals surface area contributed by atoms with Crippen LogP contribution < -0.4 is 9.64 Å². The summed E-state index contributed by atoms with van der Waals surface area (Å²) in [5.74, 6) is 1.31. The number of hydrogen-bond acceptors (Lipinski definition) is 8. The first kappa shape index (κ1) is 21.8. The van der Waals surface area contributed by atoms with Gasteiger partial charge < -0.3 is 24.6 Å². The monoisotopic (exact) mass is 451 g/mol. The molecule has 3 unspecified atom stereocenters. The number of anilines is 1. The lowest BCUT2D eigenvalue weighted by Crippen LogP contribution is -2.43. The van der Waals surface area contributed by atoms with Crippen LogP contribution in [0, 0.1) is 0 Å². The largest absolute Gasteiger partial charge is 0.461 e. The Labute approximate surface area is 192 Å². The van der Waals surface area contributed by atoms with Gasteiger partial charge in [0.2, 0.25) is 0 Å². The predicted octanol–water partition coefficient (Wildman–Crippen LogP) is 1.99. The molecular weight excluding hydrogens is 422 g/mol. The fourth-order valence-corrected chi connectivity index (χ4v) is 4.33. The molecule has 3 atom stereocenters. The van der Waals surface area contributed by atoms with E-state index >= 15 is 0 Å². The molecule has 0 amide bonds. The third-order valence-corrected chi connectivity index (χ3v) is 6.12. The zero-order valence-electron chi connectivity index (χ0n) is 18.7. The highest BCUT2D eigenvalue weighted by Gasteiger charge is 2.34. The van der Waals surface area contributed by atoms with Crippen LogP contribution in [0.1, 0.15) is 25.3 Å². The second-order valence-corrected chi connectivity index (χ2v) is 8.58. The smallest absolute Gasteiger partial charge is 0.320 e. The van der Waals surface area contributed by atoms with Crippen LogP contribution in [0.3, 0.4) is 0 Å². The van der Waals surface area contributed by atoms with E-state index in [-0.39, 0.29) is 24.8 Å². The normalized spacial score (nSPS) is 20.8. The topological polar surface area (TPSA) is 106 Å². The zero-order valence-corrected chi connectivity index (χ0v) is 18.7. The van der Waals surface area contributed by atoms with Gasteiger partial charge in [-0.05, 0) is 37.0 Å². The van der Waals surface area contributed by atoms with Gasteiger partial charge in [-0.15, -0.1) is 0 Å². The van der Waals surface area contributed by atoms with Gasteiger partial charge in [-0.3, -0.25) is 0 Å². The number of benzene rings is 1. The van der Waals surface area contributed by atoms with Gasteiger partial charge in [0.25, 0.3) is 0 Å². The summed E-state index contributed by atoms with van der Waals surface area (Å²) < 4.78 is 13.3. The number of rotatable bonds is 8. The van der Waals surface area contributed by atoms with Gasteiger partial charge >= 0.3 is 6.01 Å². The van der Waals surface area contributed by atoms with Crippen molar-refractivity contribution in [1.29, 1.82) is 0 Å². The highest BCUT2D eigenvalue weighted by Crippen LogP contribution is 2.30. The lowest BCUT2D eigenvalue weighted by molar-refractivity contribution is 0.0300. The number of nitrogens with zero attached hydrogens (tertiary/aromatic N) is 5. The fraction of sp³-hybridized carbons (Fsp3) is 0.458. The minimum atomic E-state index is -0.998. The van der Waals surface area contributed by atoms with Gasteiger partial charge in [0.15, 0.2) is 5.82 Å². The molecule has 0 spiro atoms. The minimum absolute atomic E-state index is 0.0953. The number of morpholine rings is 1. The molecule has 0 saturated carbocycles. The van der Waals surface area contributed by atoms with Crippen molar-refractivity contribution in [2.24, 2.45) is 0 Å². The highest BCUT2D eigenvalue weighted by molar-refractivity contribution is 5.60. The molecule has 2 saturated heterocycles. The molecule has 2 aromatic heterocycles. The summed E-state index contributed by atoms with van der Waals surface area (Å²) in [4.78, 5) is 11.3. The van der Waals surface area contributed by atoms with Gasteiger partial charge in [0.05, 0.1) is 24.5 Å². The van der Waals surface area contributed by atoms with Gasteiger partial charge in [0, 0.05) is 30.9 Å². The van der Waals surface area contributed by atoms with Crippen LogP contribution >= 0.6 is 0 Å². The molecule has 1 aromatic carbocycles. The van der Waals surface area contributed by atoms with E-state index in [1.165, 1.54) is 5.56 Å². The molecule has 0 aliphatic carbocycles. The molecule has 2 fully saturated rings. The van der Waals surface area contributed by atoms with Crippen LogP contribution in [0.2, 0.25) is 0 Å². The van der Waals surface area contributed by atoms with Crippen LogP contribution in [-0.4, -0.2) is 74.6 Å². The van der Waals surface area contributed by atoms with Crippen molar-refractivity contribution in [3.63, 3.8) is 0 Å². The van der Waals surface area contributed by atoms with E-state index in [1.807, 2.05) is 30.5 Å². The number of aromatic nitrogens is 4. The quantitative estimate of drug-likeness (QED) is 0.536. The summed E-state index contributed by atoms with van der Waals surface area (Å²) in [6, 6.07) is 12.3. The SMILES string of the molecule is CCc1cccc(-c2ccn(-c3cc(N4CC5CCC(C4)O5)nc(OCC(O)CO)n3)n2)c1. The van der Waals surface area contributed by atoms with Crippen molar-refractivity contribution in [2.75, 3.05) is 31.2 Å². The van der Waals surface area contributed by atoms with Crippen molar-refractivity contribution in [3.05, 3.63) is 48.2 Å². The number of ether oxygens (including phenoxy) is 2. The first-order chi connectivity index (χ1) is 16.1. The summed E-state index contributed by atoms with van der Waals surface area (Å²) in [6.45, 7) is 3.17. The Balaban J connectivity index is 1.46. The van der Waals surface area contributed by atoms with Gasteiger partial charge in [-0.1, -0.05) is 25.1 Å². The Kier molecular flexibility index (Phi) is 6.26. The van der Waals surface area contributed by atoms with Crippen molar-refractivity contribution in [2.45, 2.75) is 44.5 Å². The second kappa shape index (κ2) is 9.46. The molecule has 9 heteroatoms. The number of aliphatic hydroxyl groups is 2. The maximum atomic E-state index is 9.70. The van der Waals surface area contributed by atoms with Crippen molar-refractivity contribution < 1.29 is 19.7 Å². The molecular formula is C24H29N5O4. The molecule has 2 N–H and O–H groups in total. The van der Waals surface area contributed by atoms with Gasteiger partial charge in [-0.2, -0.15) is 15.1 Å². The zero-order chi connectivity index (χ0) is 22.8. The number of aliphatic hydroxyl groups excluding tert-OH is 2. The summed E-state index contributed by atoms with van der Waals surface area (Å²) in [5, 5.41) is 23.6. The maximum absolute atomic E-state index is 9.70. The molecule has 5 rings (SSSR count). The molecule has 2 aliphatic heterocycles. The molecule has 2 bridgehead atoms. The van der Waals surface area contributed by atoms with Crippen LogP contribution in [0.4, 0.5) is 5.82 Å². The number of aryl methyl sites for hydroxylation is 1. The molecule has 174 valence electrons. The summed E-state index contributed by atoms with van der Waals surface area (Å²) >= 11 is 0. The third kappa shape index (κ3) is 4.85. The summed E-state index contributed by atoms with van der Waals surface area (Å²) in [7, 11) is 0. The van der Waals surface area contributed by atoms with Crippen molar-refractivity contribution in [1.82, 2.24) is 19.7 Å². The molecule has 33 heavy (non-hydrogen) atoms. The lowest BCUT2D eigenvalue weighted by Gasteiger charge is -2.33. The Bertz CT molecular complexity index is 1090. The number of fused-ring (bicyclic) bond motifs is 2. The van der Waals surface area contributed by atoms with E-state index in [1.54, 1.807) is 4.68 Å². The first-order valence-corrected chi connectivity index (χ1v) is 11.5. The molecule has 4 heterocycles. The average molecular weight is 452 g/mol. The lowest BCUT2D eigenvalue weighted by atomic mass is 10.1. The van der Waals surface area contributed by atoms with E-state index in [4.69, 9.17) is 19.7 Å². The molecule has 2 aliphatic rings. The van der Waals surface area contributed by atoms with Gasteiger partial charge in [-0.25, -0.2) is 4.68 Å². The summed E-state index contributed by atoms with van der Waals surface area (Å²) in [6.07, 6.45) is 4.38. The summed E-state index contributed by atoms with van der Waals surface area (Å²) in [5.41, 5.74) is 3.16. The van der Waals surface area contributed by atoms with E-state index in [0.717, 1.165) is 49.4 Å². The van der Waals surface area contributed by atoms with Crippen LogP contribution in [0.25, 0.3) is 17.1 Å². The Morgan fingerprint density at radius 3 is 2.67 bits per heavy atom. The van der Waals surface area contributed by atoms with Crippen LogP contribution in [-0.2, 0) is 11.2 Å². The van der Waals surface area contributed by atoms with Crippen LogP contribution in [0.5, 0.6) is 6.01 Å². The fourth-order valence-electron chi connectivity index (χ4n) is 4.33. The first-order valence-electron chi connectivity index (χ1n) is 11.5. The van der Waals surface area contributed by atoms with Gasteiger partial charge in [0.1, 0.15) is 18.5 Å². The van der Waals surface area contributed by atoms with E-state index < -0.39 is 12.7 Å². The minimum Gasteiger partial charge on any atom is -0.461 e. The molecule has 0 radical (unpaired) electrons. The molecule has 9 nitrogen and oxygen atoms in total. The predicted molar refractivity (Wildman–Crippen MR) is 123 cm³/mol. The highest BCUT2D eigenvalue weighted by atomic mass is 16.5. The third-order valence-electron chi connectivity index (χ3n) is 6.12. The average Bonchev–Trinajstić information content (AvgIpc) is 3.48. The Morgan fingerprint density at radius 1 is 1.12 bits per heavy atom. The Hall–Kier alpha value is -3.01. The maximum Gasteiger partial charge on any atom is 0.320 e. The van der Waals surface area contributed by atoms with E-state index in [0.29, 0.717) is 5.82 Å². The standard InChI is InChI=1S/C24H29N5O4/c1-2-16-4-3-5-17(10-16)21-8-9-29(27-21)23-11-22(25-24(26-23)32-15-18(31)14-30)28-12-19-6-7-20(13-28)33-19/h3-5,8-11,18-20,30-31H,2,6-7,12-15H2,1H3. The van der Waals surface area contributed by atoms with Crippen LogP contribution in [0.15, 0.2) is 42.6 Å². The molecule has 3 aromatic rings. The van der Waals surface area contributed by atoms with E-state index in [2.05, 4.69) is 33.9 Å². The Morgan fingerprint density at radius 2 is 1.91 bits per heavy atom. The van der Waals surface area contributed by atoms with E-state index in [9.17, 15) is 5.11 Å². The number of hydrogen-bond donors (Lipinski definition) is 2. The second-order valence-electron chi connectivity index (χ2n) is 8.58. The van der Waals surface area contributed by atoms with Crippen molar-refractivity contribution >= 4 is 5.82 Å². The van der Waals surface area contributed by atoms with Crippen molar-refractivity contribution in [3.8, 4) is 23.1 Å².